The third kappa shape index (κ3) is 7.30. The number of anilines is 1. The van der Waals surface area contributed by atoms with Crippen molar-refractivity contribution >= 4 is 29.6 Å². The van der Waals surface area contributed by atoms with E-state index in [2.05, 4.69) is 10.6 Å². The number of esters is 1. The van der Waals surface area contributed by atoms with E-state index in [4.69, 9.17) is 9.84 Å². The van der Waals surface area contributed by atoms with Crippen LogP contribution >= 0.6 is 0 Å². The van der Waals surface area contributed by atoms with Crippen LogP contribution in [-0.4, -0.2) is 52.1 Å². The Morgan fingerprint density at radius 3 is 2.40 bits per heavy atom. The van der Waals surface area contributed by atoms with Gasteiger partial charge in [0.1, 0.15) is 11.6 Å². The zero-order chi connectivity index (χ0) is 25.6. The summed E-state index contributed by atoms with van der Waals surface area (Å²) in [5.74, 6) is -1.85. The Hall–Kier alpha value is -3.88. The summed E-state index contributed by atoms with van der Waals surface area (Å²) in [5.41, 5.74) is 1.16. The topological polar surface area (TPSA) is 125 Å². The summed E-state index contributed by atoms with van der Waals surface area (Å²) < 4.78 is 5.56. The summed E-state index contributed by atoms with van der Waals surface area (Å²) in [6.45, 7) is 5.01. The average Bonchev–Trinajstić information content (AvgIpc) is 3.22. The molecule has 186 valence electrons. The smallest absolute Gasteiger partial charge is 0.329 e. The number of hydrogen-bond donors (Lipinski definition) is 3. The van der Waals surface area contributed by atoms with E-state index in [1.807, 2.05) is 30.3 Å². The van der Waals surface area contributed by atoms with Gasteiger partial charge in [-0.15, -0.1) is 0 Å². The molecule has 0 spiro atoms. The van der Waals surface area contributed by atoms with Gasteiger partial charge in [0.2, 0.25) is 5.91 Å². The van der Waals surface area contributed by atoms with Crippen molar-refractivity contribution in [3.05, 3.63) is 65.7 Å². The van der Waals surface area contributed by atoms with Crippen LogP contribution in [0.1, 0.15) is 50.8 Å². The highest BCUT2D eigenvalue weighted by atomic mass is 16.6. The molecular formula is C26H31N3O6. The number of urea groups is 1. The summed E-state index contributed by atoms with van der Waals surface area (Å²) in [6, 6.07) is 14.3. The van der Waals surface area contributed by atoms with E-state index in [-0.39, 0.29) is 19.0 Å². The molecule has 3 amide bonds. The molecule has 3 rings (SSSR count). The molecule has 0 bridgehead atoms. The van der Waals surface area contributed by atoms with E-state index in [9.17, 15) is 19.2 Å². The normalized spacial score (nSPS) is 17.5. The fourth-order valence-corrected chi connectivity index (χ4v) is 4.12. The lowest BCUT2D eigenvalue weighted by atomic mass is 10.0. The molecule has 2 aromatic carbocycles. The molecule has 1 aliphatic heterocycles. The molecule has 1 aliphatic rings. The van der Waals surface area contributed by atoms with Crippen LogP contribution < -0.4 is 10.6 Å². The van der Waals surface area contributed by atoms with Gasteiger partial charge in [0.05, 0.1) is 19.0 Å². The zero-order valence-electron chi connectivity index (χ0n) is 20.1. The van der Waals surface area contributed by atoms with Crippen molar-refractivity contribution in [1.82, 2.24) is 10.2 Å². The van der Waals surface area contributed by atoms with Gasteiger partial charge in [-0.05, 0) is 56.9 Å². The van der Waals surface area contributed by atoms with Gasteiger partial charge in [-0.1, -0.05) is 42.5 Å². The number of nitrogens with zero attached hydrogens (tertiary/aromatic N) is 1. The van der Waals surface area contributed by atoms with E-state index in [0.717, 1.165) is 5.56 Å². The van der Waals surface area contributed by atoms with Crippen molar-refractivity contribution < 1.29 is 29.0 Å². The number of hydrogen-bond acceptors (Lipinski definition) is 5. The number of carbonyl (C=O) groups excluding carboxylic acids is 3. The maximum atomic E-state index is 13.3. The second-order valence-electron chi connectivity index (χ2n) is 9.43. The average molecular weight is 482 g/mol. The van der Waals surface area contributed by atoms with E-state index >= 15 is 0 Å². The second kappa shape index (κ2) is 11.0. The Morgan fingerprint density at radius 1 is 1.03 bits per heavy atom. The molecule has 0 saturated carbocycles. The van der Waals surface area contributed by atoms with Crippen molar-refractivity contribution in [1.29, 1.82) is 0 Å². The monoisotopic (exact) mass is 481 g/mol. The number of benzene rings is 2. The van der Waals surface area contributed by atoms with Gasteiger partial charge >= 0.3 is 18.0 Å². The van der Waals surface area contributed by atoms with Gasteiger partial charge < -0.3 is 25.4 Å². The van der Waals surface area contributed by atoms with Crippen LogP contribution in [0, 0.1) is 0 Å². The molecular weight excluding hydrogens is 450 g/mol. The molecule has 1 saturated heterocycles. The lowest BCUT2D eigenvalue weighted by Gasteiger charge is -2.31. The van der Waals surface area contributed by atoms with Crippen LogP contribution in [0.4, 0.5) is 10.5 Å². The largest absolute Gasteiger partial charge is 0.481 e. The first-order valence-corrected chi connectivity index (χ1v) is 11.5. The number of carboxylic acids is 1. The number of nitrogens with one attached hydrogen (secondary N) is 2. The van der Waals surface area contributed by atoms with Crippen molar-refractivity contribution in [3.63, 3.8) is 0 Å². The van der Waals surface area contributed by atoms with Crippen molar-refractivity contribution in [2.45, 2.75) is 57.7 Å². The number of ether oxygens (including phenoxy) is 1. The first kappa shape index (κ1) is 25.7. The zero-order valence-corrected chi connectivity index (χ0v) is 20.1. The SMILES string of the molecule is CC(C)(C)OC(=O)[C@@H]1CC[C@H](c2ccccc2)N1C(=O)CNC(=O)Nc1cccc(CC(=O)O)c1. The molecule has 0 aliphatic carbocycles. The van der Waals surface area contributed by atoms with Crippen molar-refractivity contribution in [2.24, 2.45) is 0 Å². The first-order chi connectivity index (χ1) is 16.5. The predicted molar refractivity (Wildman–Crippen MR) is 130 cm³/mol. The Bertz CT molecular complexity index is 1080. The van der Waals surface area contributed by atoms with E-state index in [1.54, 1.807) is 45.0 Å². The summed E-state index contributed by atoms with van der Waals surface area (Å²) in [7, 11) is 0. The molecule has 2 aromatic rings. The maximum Gasteiger partial charge on any atom is 0.329 e. The molecule has 0 aromatic heterocycles. The molecule has 35 heavy (non-hydrogen) atoms. The highest BCUT2D eigenvalue weighted by molar-refractivity contribution is 5.93. The van der Waals surface area contributed by atoms with Crippen LogP contribution in [0.3, 0.4) is 0 Å². The van der Waals surface area contributed by atoms with E-state index in [0.29, 0.717) is 24.1 Å². The van der Waals surface area contributed by atoms with Crippen LogP contribution in [0.2, 0.25) is 0 Å². The summed E-state index contributed by atoms with van der Waals surface area (Å²) in [6.07, 6.45) is 0.891. The van der Waals surface area contributed by atoms with Gasteiger partial charge in [-0.25, -0.2) is 9.59 Å². The molecule has 9 heteroatoms. The molecule has 3 N–H and O–H groups in total. The lowest BCUT2D eigenvalue weighted by molar-refractivity contribution is -0.164. The number of likely N-dealkylation sites (tertiary alicyclic amines) is 1. The standard InChI is InChI=1S/C26H31N3O6/c1-26(2,3)35-24(33)21-13-12-20(18-9-5-4-6-10-18)29(21)22(30)16-27-25(34)28-19-11-7-8-17(14-19)15-23(31)32/h4-11,14,20-21H,12-13,15-16H2,1-3H3,(H,31,32)(H2,27,28,34)/t20-,21+/m1/s1. The van der Waals surface area contributed by atoms with Crippen molar-refractivity contribution in [2.75, 3.05) is 11.9 Å². The van der Waals surface area contributed by atoms with E-state index in [1.165, 1.54) is 4.90 Å². The predicted octanol–water partition coefficient (Wildman–Crippen LogP) is 3.51. The van der Waals surface area contributed by atoms with Crippen LogP contribution in [0.25, 0.3) is 0 Å². The minimum atomic E-state index is -0.977. The number of carboxylic acid groups (broad SMARTS) is 1. The molecule has 0 unspecified atom stereocenters. The summed E-state index contributed by atoms with van der Waals surface area (Å²) in [5, 5.41) is 14.1. The lowest BCUT2D eigenvalue weighted by Crippen LogP contribution is -2.48. The summed E-state index contributed by atoms with van der Waals surface area (Å²) >= 11 is 0. The van der Waals surface area contributed by atoms with Gasteiger partial charge in [0, 0.05) is 5.69 Å². The second-order valence-corrected chi connectivity index (χ2v) is 9.43. The quantitative estimate of drug-likeness (QED) is 0.520. The van der Waals surface area contributed by atoms with Crippen molar-refractivity contribution in [3.8, 4) is 0 Å². The molecule has 1 fully saturated rings. The van der Waals surface area contributed by atoms with Gasteiger partial charge in [-0.2, -0.15) is 0 Å². The fourth-order valence-electron chi connectivity index (χ4n) is 4.12. The number of rotatable bonds is 7. The van der Waals surface area contributed by atoms with Crippen LogP contribution in [0.15, 0.2) is 54.6 Å². The highest BCUT2D eigenvalue weighted by Crippen LogP contribution is 2.37. The Kier molecular flexibility index (Phi) is 8.11. The fraction of sp³-hybridized carbons (Fsp3) is 0.385. The van der Waals surface area contributed by atoms with E-state index < -0.39 is 35.5 Å². The van der Waals surface area contributed by atoms with Gasteiger partial charge in [-0.3, -0.25) is 9.59 Å². The highest BCUT2D eigenvalue weighted by Gasteiger charge is 2.43. The third-order valence-electron chi connectivity index (χ3n) is 5.48. The maximum absolute atomic E-state index is 13.3. The third-order valence-corrected chi connectivity index (χ3v) is 5.48. The number of amides is 3. The molecule has 9 nitrogen and oxygen atoms in total. The van der Waals surface area contributed by atoms with Gasteiger partial charge in [0.15, 0.2) is 0 Å². The molecule has 0 radical (unpaired) electrons. The Morgan fingerprint density at radius 2 is 1.74 bits per heavy atom. The minimum Gasteiger partial charge on any atom is -0.481 e. The van der Waals surface area contributed by atoms with Crippen LogP contribution in [-0.2, 0) is 25.5 Å². The number of carbonyl (C=O) groups is 4. The van der Waals surface area contributed by atoms with Gasteiger partial charge in [0.25, 0.3) is 0 Å². The molecule has 2 atom stereocenters. The first-order valence-electron chi connectivity index (χ1n) is 11.5. The Labute approximate surface area is 204 Å². The van der Waals surface area contributed by atoms with Crippen LogP contribution in [0.5, 0.6) is 0 Å². The molecule has 1 heterocycles. The Balaban J connectivity index is 1.69. The number of aliphatic carboxylic acids is 1. The minimum absolute atomic E-state index is 0.169. The summed E-state index contributed by atoms with van der Waals surface area (Å²) in [4.78, 5) is 51.0.